The molecular formula is C26H33N5O3S. The Balaban J connectivity index is 1.21. The van der Waals surface area contributed by atoms with Crippen LogP contribution in [-0.4, -0.2) is 83.5 Å². The zero-order chi connectivity index (χ0) is 24.4. The molecule has 1 aromatic heterocycles. The third-order valence-electron chi connectivity index (χ3n) is 7.24. The van der Waals surface area contributed by atoms with Crippen molar-refractivity contribution in [2.24, 2.45) is 5.92 Å². The lowest BCUT2D eigenvalue weighted by atomic mass is 9.96. The van der Waals surface area contributed by atoms with Crippen molar-refractivity contribution < 1.29 is 13.2 Å². The van der Waals surface area contributed by atoms with E-state index in [1.165, 1.54) is 16.1 Å². The Morgan fingerprint density at radius 3 is 2.23 bits per heavy atom. The predicted octanol–water partition coefficient (Wildman–Crippen LogP) is 2.40. The molecule has 0 spiro atoms. The van der Waals surface area contributed by atoms with Crippen molar-refractivity contribution in [2.75, 3.05) is 45.5 Å². The van der Waals surface area contributed by atoms with Crippen LogP contribution in [0.4, 0.5) is 0 Å². The summed E-state index contributed by atoms with van der Waals surface area (Å²) in [5.74, 6) is 1.15. The van der Waals surface area contributed by atoms with E-state index in [0.29, 0.717) is 39.0 Å². The van der Waals surface area contributed by atoms with Crippen LogP contribution in [0.1, 0.15) is 24.2 Å². The molecule has 2 aliphatic rings. The normalized spacial score (nSPS) is 18.8. The van der Waals surface area contributed by atoms with Crippen molar-refractivity contribution in [3.05, 3.63) is 66.0 Å². The van der Waals surface area contributed by atoms with Crippen molar-refractivity contribution in [3.63, 3.8) is 0 Å². The number of hydrogen-bond acceptors (Lipinski definition) is 5. The first-order valence-corrected chi connectivity index (χ1v) is 14.2. The highest BCUT2D eigenvalue weighted by Crippen LogP contribution is 2.23. The van der Waals surface area contributed by atoms with Crippen LogP contribution >= 0.6 is 0 Å². The number of carbonyl (C=O) groups is 1. The first kappa shape index (κ1) is 24.0. The number of piperazine rings is 1. The van der Waals surface area contributed by atoms with Crippen molar-refractivity contribution in [1.82, 2.24) is 23.7 Å². The smallest absolute Gasteiger partial charge is 0.225 e. The summed E-state index contributed by atoms with van der Waals surface area (Å²) in [6.07, 6.45) is 2.45. The van der Waals surface area contributed by atoms with E-state index in [9.17, 15) is 13.2 Å². The fourth-order valence-electron chi connectivity index (χ4n) is 5.21. The van der Waals surface area contributed by atoms with E-state index in [1.807, 2.05) is 17.0 Å². The van der Waals surface area contributed by atoms with Gasteiger partial charge >= 0.3 is 0 Å². The Morgan fingerprint density at radius 1 is 0.886 bits per heavy atom. The van der Waals surface area contributed by atoms with Crippen LogP contribution in [0.5, 0.6) is 0 Å². The Hall–Kier alpha value is -2.75. The molecule has 0 saturated carbocycles. The monoisotopic (exact) mass is 495 g/mol. The van der Waals surface area contributed by atoms with Crippen molar-refractivity contribution in [2.45, 2.75) is 25.9 Å². The second kappa shape index (κ2) is 10.1. The van der Waals surface area contributed by atoms with Gasteiger partial charge in [0.1, 0.15) is 5.82 Å². The molecule has 2 aliphatic heterocycles. The highest BCUT2D eigenvalue weighted by Gasteiger charge is 2.32. The quantitative estimate of drug-likeness (QED) is 0.525. The fraction of sp³-hybridized carbons (Fsp3) is 0.462. The van der Waals surface area contributed by atoms with Crippen LogP contribution in [0.3, 0.4) is 0 Å². The Kier molecular flexibility index (Phi) is 6.91. The standard InChI is InChI=1S/C26H33N5O3S/c1-35(33,34)30-13-11-22(12-14-30)26(32)29-17-15-28(16-18-29)20-25-27-23-9-5-6-10-24(23)31(25)19-21-7-3-2-4-8-21/h2-10,22H,11-20H2,1H3. The average molecular weight is 496 g/mol. The molecule has 3 heterocycles. The lowest BCUT2D eigenvalue weighted by Gasteiger charge is -2.38. The number of hydrogen-bond donors (Lipinski definition) is 0. The third kappa shape index (κ3) is 5.42. The summed E-state index contributed by atoms with van der Waals surface area (Å²) in [7, 11) is -3.18. The van der Waals surface area contributed by atoms with Crippen molar-refractivity contribution in [3.8, 4) is 0 Å². The lowest BCUT2D eigenvalue weighted by Crippen LogP contribution is -2.51. The van der Waals surface area contributed by atoms with Gasteiger partial charge < -0.3 is 9.47 Å². The molecule has 0 N–H and O–H groups in total. The SMILES string of the molecule is CS(=O)(=O)N1CCC(C(=O)N2CCN(Cc3nc4ccccc4n3Cc3ccccc3)CC2)CC1. The highest BCUT2D eigenvalue weighted by atomic mass is 32.2. The van der Waals surface area contributed by atoms with Crippen LogP contribution in [0, 0.1) is 5.92 Å². The van der Waals surface area contributed by atoms with Crippen LogP contribution in [0.25, 0.3) is 11.0 Å². The van der Waals surface area contributed by atoms with E-state index < -0.39 is 10.0 Å². The Labute approximate surface area is 207 Å². The van der Waals surface area contributed by atoms with E-state index in [4.69, 9.17) is 4.98 Å². The summed E-state index contributed by atoms with van der Waals surface area (Å²) >= 11 is 0. The molecule has 5 rings (SSSR count). The van der Waals surface area contributed by atoms with Crippen LogP contribution in [-0.2, 0) is 27.9 Å². The van der Waals surface area contributed by atoms with Crippen molar-refractivity contribution in [1.29, 1.82) is 0 Å². The van der Waals surface area contributed by atoms with Gasteiger partial charge in [-0.1, -0.05) is 42.5 Å². The minimum Gasteiger partial charge on any atom is -0.340 e. The molecule has 2 fully saturated rings. The first-order valence-electron chi connectivity index (χ1n) is 12.3. The van der Waals surface area contributed by atoms with Gasteiger partial charge in [-0.15, -0.1) is 0 Å². The first-order chi connectivity index (χ1) is 16.9. The minimum absolute atomic E-state index is 0.0744. The minimum atomic E-state index is -3.18. The number of rotatable bonds is 6. The van der Waals surface area contributed by atoms with E-state index in [2.05, 4.69) is 51.9 Å². The molecule has 9 heteroatoms. The van der Waals surface area contributed by atoms with Gasteiger partial charge in [0.05, 0.1) is 23.8 Å². The zero-order valence-electron chi connectivity index (χ0n) is 20.2. The zero-order valence-corrected chi connectivity index (χ0v) is 21.0. The molecule has 1 amide bonds. The molecule has 8 nitrogen and oxygen atoms in total. The van der Waals surface area contributed by atoms with Gasteiger partial charge in [-0.25, -0.2) is 17.7 Å². The van der Waals surface area contributed by atoms with Gasteiger partial charge in [-0.2, -0.15) is 0 Å². The number of carbonyl (C=O) groups excluding carboxylic acids is 1. The Bertz CT molecular complexity index is 1270. The Morgan fingerprint density at radius 2 is 1.54 bits per heavy atom. The van der Waals surface area contributed by atoms with Gasteiger partial charge in [0.15, 0.2) is 0 Å². The number of benzene rings is 2. The van der Waals surface area contributed by atoms with Gasteiger partial charge in [0.2, 0.25) is 15.9 Å². The maximum Gasteiger partial charge on any atom is 0.225 e. The number of fused-ring (bicyclic) bond motifs is 1. The average Bonchev–Trinajstić information content (AvgIpc) is 3.21. The fourth-order valence-corrected chi connectivity index (χ4v) is 6.08. The van der Waals surface area contributed by atoms with Crippen LogP contribution in [0.15, 0.2) is 54.6 Å². The summed E-state index contributed by atoms with van der Waals surface area (Å²) in [6, 6.07) is 18.7. The van der Waals surface area contributed by atoms with E-state index >= 15 is 0 Å². The third-order valence-corrected chi connectivity index (χ3v) is 8.54. The number of para-hydroxylation sites is 2. The number of nitrogens with zero attached hydrogens (tertiary/aromatic N) is 5. The molecule has 0 bridgehead atoms. The van der Waals surface area contributed by atoms with Gasteiger partial charge in [0, 0.05) is 51.7 Å². The number of aromatic nitrogens is 2. The largest absolute Gasteiger partial charge is 0.340 e. The molecule has 3 aromatic rings. The summed E-state index contributed by atoms with van der Waals surface area (Å²) < 4.78 is 27.3. The summed E-state index contributed by atoms with van der Waals surface area (Å²) in [4.78, 5) is 22.4. The van der Waals surface area contributed by atoms with E-state index in [0.717, 1.165) is 43.0 Å². The molecule has 0 aliphatic carbocycles. The summed E-state index contributed by atoms with van der Waals surface area (Å²) in [5, 5.41) is 0. The number of sulfonamides is 1. The lowest BCUT2D eigenvalue weighted by molar-refractivity contribution is -0.138. The second-order valence-electron chi connectivity index (χ2n) is 9.63. The number of amides is 1. The maximum atomic E-state index is 13.1. The molecule has 35 heavy (non-hydrogen) atoms. The predicted molar refractivity (Wildman–Crippen MR) is 136 cm³/mol. The molecule has 0 radical (unpaired) electrons. The molecule has 2 aromatic carbocycles. The summed E-state index contributed by atoms with van der Waals surface area (Å²) in [5.41, 5.74) is 3.39. The van der Waals surface area contributed by atoms with Gasteiger partial charge in [0.25, 0.3) is 0 Å². The van der Waals surface area contributed by atoms with E-state index in [-0.39, 0.29) is 11.8 Å². The van der Waals surface area contributed by atoms with Crippen LogP contribution < -0.4 is 0 Å². The highest BCUT2D eigenvalue weighted by molar-refractivity contribution is 7.88. The molecule has 0 atom stereocenters. The maximum absolute atomic E-state index is 13.1. The molecule has 2 saturated heterocycles. The molecular weight excluding hydrogens is 462 g/mol. The van der Waals surface area contributed by atoms with E-state index in [1.54, 1.807) is 0 Å². The van der Waals surface area contributed by atoms with Crippen LogP contribution in [0.2, 0.25) is 0 Å². The summed E-state index contributed by atoms with van der Waals surface area (Å²) in [6.45, 7) is 5.41. The molecule has 186 valence electrons. The van der Waals surface area contributed by atoms with Crippen molar-refractivity contribution >= 4 is 27.0 Å². The van der Waals surface area contributed by atoms with Gasteiger partial charge in [-0.05, 0) is 30.5 Å². The number of piperidine rings is 1. The second-order valence-corrected chi connectivity index (χ2v) is 11.6. The topological polar surface area (TPSA) is 78.8 Å². The van der Waals surface area contributed by atoms with Gasteiger partial charge in [-0.3, -0.25) is 9.69 Å². The molecule has 0 unspecified atom stereocenters. The number of imidazole rings is 1.